The molecule has 1 amide bonds. The molecule has 0 spiro atoms. The first-order valence-electron chi connectivity index (χ1n) is 9.96. The zero-order chi connectivity index (χ0) is 23.4. The molecule has 1 N–H and O–H groups in total. The highest BCUT2D eigenvalue weighted by Crippen LogP contribution is 2.32. The van der Waals surface area contributed by atoms with Gasteiger partial charge in [0, 0.05) is 38.4 Å². The van der Waals surface area contributed by atoms with Crippen molar-refractivity contribution in [2.75, 3.05) is 43.4 Å². The zero-order valence-corrected chi connectivity index (χ0v) is 17.9. The van der Waals surface area contributed by atoms with Crippen molar-refractivity contribution in [3.63, 3.8) is 0 Å². The SMILES string of the molecule is O=C(Cc1ccc(F)cc1)NCCS(=O)(=O)N1CCN(c2cccc(C(F)(F)F)c2)CC1. The normalized spacial score (nSPS) is 15.6. The number of anilines is 1. The van der Waals surface area contributed by atoms with Gasteiger partial charge < -0.3 is 10.2 Å². The van der Waals surface area contributed by atoms with Gasteiger partial charge in [-0.05, 0) is 35.9 Å². The van der Waals surface area contributed by atoms with Crippen LogP contribution in [0.25, 0.3) is 0 Å². The number of benzene rings is 2. The smallest absolute Gasteiger partial charge is 0.369 e. The van der Waals surface area contributed by atoms with Crippen LogP contribution in [0.2, 0.25) is 0 Å². The average molecular weight is 473 g/mol. The second-order valence-corrected chi connectivity index (χ2v) is 9.49. The fraction of sp³-hybridized carbons (Fsp3) is 0.381. The molecule has 0 unspecified atom stereocenters. The van der Waals surface area contributed by atoms with Gasteiger partial charge in [-0.25, -0.2) is 12.8 Å². The Kier molecular flexibility index (Phi) is 7.40. The molecule has 1 heterocycles. The highest BCUT2D eigenvalue weighted by atomic mass is 32.2. The molecule has 6 nitrogen and oxygen atoms in total. The first-order valence-corrected chi connectivity index (χ1v) is 11.6. The van der Waals surface area contributed by atoms with Gasteiger partial charge in [0.1, 0.15) is 5.82 Å². The predicted molar refractivity (Wildman–Crippen MR) is 112 cm³/mol. The van der Waals surface area contributed by atoms with Crippen molar-refractivity contribution in [2.45, 2.75) is 12.6 Å². The molecule has 0 aliphatic carbocycles. The summed E-state index contributed by atoms with van der Waals surface area (Å²) in [5, 5.41) is 2.54. The first kappa shape index (κ1) is 24.0. The standard InChI is InChI=1S/C21H23F4N3O3S/c22-18-6-4-16(5-7-18)14-20(29)26-8-13-32(30,31)28-11-9-27(10-12-28)19-3-1-2-17(15-19)21(23,24)25/h1-7,15H,8-14H2,(H,26,29). The van der Waals surface area contributed by atoms with Crippen molar-refractivity contribution in [1.29, 1.82) is 0 Å². The van der Waals surface area contributed by atoms with Crippen LogP contribution >= 0.6 is 0 Å². The van der Waals surface area contributed by atoms with Gasteiger partial charge in [-0.15, -0.1) is 0 Å². The maximum atomic E-state index is 12.9. The van der Waals surface area contributed by atoms with Crippen LogP contribution in [-0.4, -0.2) is 57.1 Å². The Balaban J connectivity index is 1.47. The molecule has 0 bridgehead atoms. The molecule has 1 fully saturated rings. The van der Waals surface area contributed by atoms with Gasteiger partial charge in [-0.3, -0.25) is 4.79 Å². The Morgan fingerprint density at radius 3 is 2.28 bits per heavy atom. The number of hydrogen-bond donors (Lipinski definition) is 1. The molecule has 0 aromatic heterocycles. The molecule has 1 saturated heterocycles. The largest absolute Gasteiger partial charge is 0.416 e. The topological polar surface area (TPSA) is 69.7 Å². The van der Waals surface area contributed by atoms with E-state index in [9.17, 15) is 30.8 Å². The second-order valence-electron chi connectivity index (χ2n) is 7.40. The molecule has 0 atom stereocenters. The number of carbonyl (C=O) groups is 1. The summed E-state index contributed by atoms with van der Waals surface area (Å²) in [5.41, 5.74) is 0.254. The Labute approximate surface area is 183 Å². The maximum Gasteiger partial charge on any atom is 0.416 e. The fourth-order valence-corrected chi connectivity index (χ4v) is 4.74. The third-order valence-corrected chi connectivity index (χ3v) is 7.00. The Hall–Kier alpha value is -2.66. The number of hydrogen-bond acceptors (Lipinski definition) is 4. The van der Waals surface area contributed by atoms with Crippen LogP contribution in [0.1, 0.15) is 11.1 Å². The Bertz CT molecular complexity index is 1040. The molecule has 3 rings (SSSR count). The molecule has 1 aliphatic rings. The fourth-order valence-electron chi connectivity index (χ4n) is 3.40. The van der Waals surface area contributed by atoms with E-state index in [1.165, 1.54) is 34.6 Å². The van der Waals surface area contributed by atoms with E-state index in [4.69, 9.17) is 0 Å². The van der Waals surface area contributed by atoms with E-state index >= 15 is 0 Å². The lowest BCUT2D eigenvalue weighted by Crippen LogP contribution is -2.50. The van der Waals surface area contributed by atoms with E-state index in [0.717, 1.165) is 12.1 Å². The van der Waals surface area contributed by atoms with Crippen LogP contribution in [0.3, 0.4) is 0 Å². The number of alkyl halides is 3. The van der Waals surface area contributed by atoms with Gasteiger partial charge in [0.25, 0.3) is 0 Å². The van der Waals surface area contributed by atoms with E-state index in [1.807, 2.05) is 0 Å². The van der Waals surface area contributed by atoms with Crippen molar-refractivity contribution in [1.82, 2.24) is 9.62 Å². The molecule has 174 valence electrons. The lowest BCUT2D eigenvalue weighted by Gasteiger charge is -2.35. The van der Waals surface area contributed by atoms with Gasteiger partial charge in [0.2, 0.25) is 15.9 Å². The quantitative estimate of drug-likeness (QED) is 0.628. The van der Waals surface area contributed by atoms with Crippen molar-refractivity contribution in [3.05, 3.63) is 65.5 Å². The summed E-state index contributed by atoms with van der Waals surface area (Å²) in [6.45, 7) is 0.731. The highest BCUT2D eigenvalue weighted by Gasteiger charge is 2.32. The number of sulfonamides is 1. The summed E-state index contributed by atoms with van der Waals surface area (Å²) >= 11 is 0. The molecular weight excluding hydrogens is 450 g/mol. The molecule has 1 aliphatic heterocycles. The zero-order valence-electron chi connectivity index (χ0n) is 17.1. The molecule has 2 aromatic carbocycles. The number of halogens is 4. The first-order chi connectivity index (χ1) is 15.0. The van der Waals surface area contributed by atoms with Gasteiger partial charge in [0.15, 0.2) is 0 Å². The molecule has 32 heavy (non-hydrogen) atoms. The molecular formula is C21H23F4N3O3S. The monoisotopic (exact) mass is 473 g/mol. The van der Waals surface area contributed by atoms with E-state index in [1.54, 1.807) is 11.0 Å². The third-order valence-electron chi connectivity index (χ3n) is 5.13. The number of piperazine rings is 1. The van der Waals surface area contributed by atoms with Crippen LogP contribution in [0.5, 0.6) is 0 Å². The summed E-state index contributed by atoms with van der Waals surface area (Å²) in [6, 6.07) is 10.4. The van der Waals surface area contributed by atoms with Crippen LogP contribution < -0.4 is 10.2 Å². The summed E-state index contributed by atoms with van der Waals surface area (Å²) in [5.74, 6) is -1.07. The second kappa shape index (κ2) is 9.86. The van der Waals surface area contributed by atoms with E-state index in [2.05, 4.69) is 5.32 Å². The van der Waals surface area contributed by atoms with Crippen LogP contribution in [-0.2, 0) is 27.4 Å². The van der Waals surface area contributed by atoms with Crippen molar-refractivity contribution >= 4 is 21.6 Å². The summed E-state index contributed by atoms with van der Waals surface area (Å²) in [6.07, 6.45) is -4.43. The minimum atomic E-state index is -4.44. The van der Waals surface area contributed by atoms with Crippen LogP contribution in [0.4, 0.5) is 23.2 Å². The van der Waals surface area contributed by atoms with E-state index in [0.29, 0.717) is 11.3 Å². The minimum Gasteiger partial charge on any atom is -0.369 e. The lowest BCUT2D eigenvalue weighted by atomic mass is 10.1. The summed E-state index contributed by atoms with van der Waals surface area (Å²) in [4.78, 5) is 13.7. The van der Waals surface area contributed by atoms with Gasteiger partial charge in [-0.2, -0.15) is 17.5 Å². The van der Waals surface area contributed by atoms with E-state index in [-0.39, 0.29) is 50.8 Å². The predicted octanol–water partition coefficient (Wildman–Crippen LogP) is 2.66. The van der Waals surface area contributed by atoms with Crippen molar-refractivity contribution in [2.24, 2.45) is 0 Å². The van der Waals surface area contributed by atoms with Gasteiger partial charge in [-0.1, -0.05) is 18.2 Å². The minimum absolute atomic E-state index is 0.00991. The molecule has 0 saturated carbocycles. The molecule has 2 aromatic rings. The van der Waals surface area contributed by atoms with E-state index < -0.39 is 27.6 Å². The number of carbonyl (C=O) groups excluding carboxylic acids is 1. The number of nitrogens with zero attached hydrogens (tertiary/aromatic N) is 2. The molecule has 11 heteroatoms. The van der Waals surface area contributed by atoms with Crippen molar-refractivity contribution < 1.29 is 30.8 Å². The Morgan fingerprint density at radius 1 is 1.00 bits per heavy atom. The van der Waals surface area contributed by atoms with Crippen LogP contribution in [0.15, 0.2) is 48.5 Å². The van der Waals surface area contributed by atoms with Gasteiger partial charge in [0.05, 0.1) is 17.7 Å². The summed E-state index contributed by atoms with van der Waals surface area (Å²) < 4.78 is 78.0. The lowest BCUT2D eigenvalue weighted by molar-refractivity contribution is -0.137. The number of nitrogens with one attached hydrogen (secondary N) is 1. The Morgan fingerprint density at radius 2 is 1.66 bits per heavy atom. The maximum absolute atomic E-state index is 12.9. The molecule has 0 radical (unpaired) electrons. The highest BCUT2D eigenvalue weighted by molar-refractivity contribution is 7.89. The third kappa shape index (κ3) is 6.42. The van der Waals surface area contributed by atoms with Gasteiger partial charge >= 0.3 is 6.18 Å². The van der Waals surface area contributed by atoms with Crippen LogP contribution in [0, 0.1) is 5.82 Å². The van der Waals surface area contributed by atoms with Crippen molar-refractivity contribution in [3.8, 4) is 0 Å². The number of amides is 1. The number of rotatable bonds is 7. The summed E-state index contributed by atoms with van der Waals surface area (Å²) in [7, 11) is -3.63. The average Bonchev–Trinajstić information content (AvgIpc) is 2.75.